The van der Waals surface area contributed by atoms with Crippen molar-refractivity contribution in [3.05, 3.63) is 72.3 Å². The molecule has 3 aromatic carbocycles. The Bertz CT molecular complexity index is 1210. The van der Waals surface area contributed by atoms with Crippen LogP contribution in [0.15, 0.2) is 71.6 Å². The summed E-state index contributed by atoms with van der Waals surface area (Å²) >= 11 is 0. The molecule has 0 aliphatic carbocycles. The second kappa shape index (κ2) is 6.68. The van der Waals surface area contributed by atoms with Gasteiger partial charge in [0.25, 0.3) is 0 Å². The molecule has 0 saturated carbocycles. The van der Waals surface area contributed by atoms with E-state index in [9.17, 15) is 13.2 Å². The number of hydrogen-bond acceptors (Lipinski definition) is 4. The highest BCUT2D eigenvalue weighted by molar-refractivity contribution is 7.89. The van der Waals surface area contributed by atoms with Crippen molar-refractivity contribution < 1.29 is 17.9 Å². The highest BCUT2D eigenvalue weighted by Crippen LogP contribution is 2.40. The van der Waals surface area contributed by atoms with E-state index in [2.05, 4.69) is 0 Å². The average Bonchev–Trinajstić information content (AvgIpc) is 2.73. The number of benzene rings is 3. The lowest BCUT2D eigenvalue weighted by molar-refractivity contribution is 0.00592. The fraction of sp³-hybridized carbons (Fsp3) is 0.261. The summed E-state index contributed by atoms with van der Waals surface area (Å²) in [6.45, 7) is 0.669. The fourth-order valence-electron chi connectivity index (χ4n) is 4.42. The number of para-hydroxylation sites is 1. The zero-order valence-electron chi connectivity index (χ0n) is 15.9. The number of carbonyl (C=O) groups excluding carboxylic acids is 1. The maximum absolute atomic E-state index is 13.4. The Balaban J connectivity index is 1.41. The standard InChI is InChI=1S/C23H21NO4S/c25-20-16-23(28-21-10-4-3-9-19(20)21)12-14-24(15-13-23)29(26,27)22-11-5-7-17-6-1-2-8-18(17)22/h1-11H,12-16H2. The zero-order valence-corrected chi connectivity index (χ0v) is 16.7. The van der Waals surface area contributed by atoms with E-state index < -0.39 is 15.6 Å². The van der Waals surface area contributed by atoms with Crippen molar-refractivity contribution in [2.75, 3.05) is 13.1 Å². The first-order valence-corrected chi connectivity index (χ1v) is 11.2. The number of rotatable bonds is 2. The number of piperidine rings is 1. The SMILES string of the molecule is O=C1CC2(CCN(S(=O)(=O)c3cccc4ccccc34)CC2)Oc2ccccc21. The lowest BCUT2D eigenvalue weighted by Crippen LogP contribution is -2.52. The van der Waals surface area contributed by atoms with Gasteiger partial charge >= 0.3 is 0 Å². The molecule has 3 aromatic rings. The largest absolute Gasteiger partial charge is 0.486 e. The van der Waals surface area contributed by atoms with E-state index in [-0.39, 0.29) is 5.78 Å². The number of ketones is 1. The Morgan fingerprint density at radius 1 is 0.862 bits per heavy atom. The third-order valence-corrected chi connectivity index (χ3v) is 7.95. The molecule has 5 nitrogen and oxygen atoms in total. The number of sulfonamides is 1. The summed E-state index contributed by atoms with van der Waals surface area (Å²) in [7, 11) is -3.63. The van der Waals surface area contributed by atoms with E-state index >= 15 is 0 Å². The Labute approximate surface area is 170 Å². The molecule has 2 aliphatic heterocycles. The summed E-state index contributed by atoms with van der Waals surface area (Å²) in [6.07, 6.45) is 1.29. The number of Topliss-reactive ketones (excluding diaryl/α,β-unsaturated/α-hetero) is 1. The van der Waals surface area contributed by atoms with Crippen molar-refractivity contribution >= 4 is 26.6 Å². The van der Waals surface area contributed by atoms with Crippen LogP contribution in [0, 0.1) is 0 Å². The predicted molar refractivity (Wildman–Crippen MR) is 111 cm³/mol. The fourth-order valence-corrected chi connectivity index (χ4v) is 6.07. The molecule has 6 heteroatoms. The molecule has 5 rings (SSSR count). The van der Waals surface area contributed by atoms with E-state index in [0.717, 1.165) is 10.8 Å². The molecule has 2 aliphatic rings. The van der Waals surface area contributed by atoms with Crippen LogP contribution in [0.4, 0.5) is 0 Å². The third kappa shape index (κ3) is 3.03. The monoisotopic (exact) mass is 407 g/mol. The molecule has 0 N–H and O–H groups in total. The minimum Gasteiger partial charge on any atom is -0.486 e. The zero-order chi connectivity index (χ0) is 20.1. The second-order valence-corrected chi connectivity index (χ2v) is 9.67. The van der Waals surface area contributed by atoms with Gasteiger partial charge in [0.1, 0.15) is 11.4 Å². The number of ether oxygens (including phenoxy) is 1. The maximum atomic E-state index is 13.4. The maximum Gasteiger partial charge on any atom is 0.243 e. The van der Waals surface area contributed by atoms with Gasteiger partial charge in [-0.1, -0.05) is 48.5 Å². The highest BCUT2D eigenvalue weighted by atomic mass is 32.2. The van der Waals surface area contributed by atoms with Crippen LogP contribution >= 0.6 is 0 Å². The van der Waals surface area contributed by atoms with Crippen LogP contribution in [-0.2, 0) is 10.0 Å². The van der Waals surface area contributed by atoms with Gasteiger partial charge in [-0.15, -0.1) is 0 Å². The first kappa shape index (κ1) is 18.3. The van der Waals surface area contributed by atoms with Gasteiger partial charge < -0.3 is 4.74 Å². The molecule has 1 spiro atoms. The van der Waals surface area contributed by atoms with Crippen molar-refractivity contribution in [2.24, 2.45) is 0 Å². The van der Waals surface area contributed by atoms with Crippen molar-refractivity contribution in [3.8, 4) is 5.75 Å². The molecule has 1 saturated heterocycles. The van der Waals surface area contributed by atoms with Crippen molar-refractivity contribution in [2.45, 2.75) is 29.8 Å². The molecule has 29 heavy (non-hydrogen) atoms. The Morgan fingerprint density at radius 2 is 1.55 bits per heavy atom. The highest BCUT2D eigenvalue weighted by Gasteiger charge is 2.45. The number of carbonyl (C=O) groups is 1. The topological polar surface area (TPSA) is 63.7 Å². The first-order chi connectivity index (χ1) is 14.0. The summed E-state index contributed by atoms with van der Waals surface area (Å²) in [4.78, 5) is 12.9. The summed E-state index contributed by atoms with van der Waals surface area (Å²) in [5, 5.41) is 1.63. The first-order valence-electron chi connectivity index (χ1n) is 9.78. The molecule has 1 fully saturated rings. The van der Waals surface area contributed by atoms with Crippen LogP contribution in [0.1, 0.15) is 29.6 Å². The van der Waals surface area contributed by atoms with E-state index in [1.165, 1.54) is 4.31 Å². The summed E-state index contributed by atoms with van der Waals surface area (Å²) in [5.74, 6) is 0.673. The van der Waals surface area contributed by atoms with Gasteiger partial charge in [-0.05, 0) is 23.6 Å². The van der Waals surface area contributed by atoms with Gasteiger partial charge in [-0.3, -0.25) is 4.79 Å². The molecule has 0 unspecified atom stereocenters. The van der Waals surface area contributed by atoms with Crippen LogP contribution in [0.25, 0.3) is 10.8 Å². The molecule has 148 valence electrons. The van der Waals surface area contributed by atoms with E-state index in [1.807, 2.05) is 48.5 Å². The Kier molecular flexibility index (Phi) is 4.22. The molecule has 0 radical (unpaired) electrons. The van der Waals surface area contributed by atoms with E-state index in [1.54, 1.807) is 18.2 Å². The summed E-state index contributed by atoms with van der Waals surface area (Å²) < 4.78 is 34.5. The lowest BCUT2D eigenvalue weighted by Gasteiger charge is -2.43. The molecule has 0 aromatic heterocycles. The molecular weight excluding hydrogens is 386 g/mol. The molecule has 0 amide bonds. The van der Waals surface area contributed by atoms with Crippen LogP contribution < -0.4 is 4.74 Å². The number of fused-ring (bicyclic) bond motifs is 2. The minimum absolute atomic E-state index is 0.0669. The van der Waals surface area contributed by atoms with Gasteiger partial charge in [0.15, 0.2) is 5.78 Å². The third-order valence-electron chi connectivity index (χ3n) is 6.00. The quantitative estimate of drug-likeness (QED) is 0.643. The van der Waals surface area contributed by atoms with Crippen LogP contribution in [0.3, 0.4) is 0 Å². The smallest absolute Gasteiger partial charge is 0.243 e. The van der Waals surface area contributed by atoms with E-state index in [4.69, 9.17) is 4.74 Å². The Morgan fingerprint density at radius 3 is 2.38 bits per heavy atom. The summed E-state index contributed by atoms with van der Waals surface area (Å²) in [5.41, 5.74) is -0.000117. The predicted octanol–water partition coefficient (Wildman–Crippen LogP) is 4.03. The van der Waals surface area contributed by atoms with Crippen LogP contribution in [-0.4, -0.2) is 37.2 Å². The molecule has 2 heterocycles. The van der Waals surface area contributed by atoms with Gasteiger partial charge in [-0.2, -0.15) is 4.31 Å². The minimum atomic E-state index is -3.63. The van der Waals surface area contributed by atoms with Crippen LogP contribution in [0.2, 0.25) is 0 Å². The van der Waals surface area contributed by atoms with Gasteiger partial charge in [0.2, 0.25) is 10.0 Å². The number of hydrogen-bond donors (Lipinski definition) is 0. The molecule has 0 bridgehead atoms. The van der Waals surface area contributed by atoms with Gasteiger partial charge in [0, 0.05) is 31.3 Å². The van der Waals surface area contributed by atoms with Gasteiger partial charge in [0.05, 0.1) is 16.9 Å². The normalized spacial score (nSPS) is 19.1. The Hall–Kier alpha value is -2.70. The average molecular weight is 407 g/mol. The van der Waals surface area contributed by atoms with Crippen molar-refractivity contribution in [1.29, 1.82) is 0 Å². The molecular formula is C23H21NO4S. The second-order valence-electron chi connectivity index (χ2n) is 7.76. The van der Waals surface area contributed by atoms with Crippen molar-refractivity contribution in [3.63, 3.8) is 0 Å². The lowest BCUT2D eigenvalue weighted by atomic mass is 9.83. The van der Waals surface area contributed by atoms with Crippen LogP contribution in [0.5, 0.6) is 5.75 Å². The number of nitrogens with zero attached hydrogens (tertiary/aromatic N) is 1. The van der Waals surface area contributed by atoms with Crippen molar-refractivity contribution in [1.82, 2.24) is 4.31 Å². The van der Waals surface area contributed by atoms with Gasteiger partial charge in [-0.25, -0.2) is 8.42 Å². The summed E-state index contributed by atoms with van der Waals surface area (Å²) in [6, 6.07) is 20.1. The van der Waals surface area contributed by atoms with E-state index in [0.29, 0.717) is 48.6 Å². The molecule has 0 atom stereocenters.